The van der Waals surface area contributed by atoms with E-state index in [1.165, 1.54) is 10.6 Å². The first-order chi connectivity index (χ1) is 6.66. The highest BCUT2D eigenvalue weighted by molar-refractivity contribution is 6.67. The normalized spacial score (nSPS) is 10.1. The van der Waals surface area contributed by atoms with Gasteiger partial charge in [0.15, 0.2) is 0 Å². The number of hydrogen-bond acceptors (Lipinski definition) is 2. The number of carbonyl (C=O) groups excluding carboxylic acids is 1. The zero-order chi connectivity index (χ0) is 10.6. The smallest absolute Gasteiger partial charge is 0.262 e. The van der Waals surface area contributed by atoms with Gasteiger partial charge in [0, 0.05) is 12.7 Å². The lowest BCUT2D eigenvalue weighted by Gasteiger charge is -2.04. The summed E-state index contributed by atoms with van der Waals surface area (Å²) in [4.78, 5) is 22.4. The molecule has 0 aromatic carbocycles. The van der Waals surface area contributed by atoms with Crippen LogP contribution in [0.1, 0.15) is 30.1 Å². The van der Waals surface area contributed by atoms with Gasteiger partial charge in [-0.25, -0.2) is 0 Å². The topological polar surface area (TPSA) is 39.1 Å². The van der Waals surface area contributed by atoms with Crippen molar-refractivity contribution in [1.82, 2.24) is 4.57 Å². The Morgan fingerprint density at radius 1 is 1.57 bits per heavy atom. The first-order valence-corrected chi connectivity index (χ1v) is 4.94. The van der Waals surface area contributed by atoms with Crippen LogP contribution >= 0.6 is 11.6 Å². The van der Waals surface area contributed by atoms with Crippen molar-refractivity contribution in [2.75, 3.05) is 0 Å². The van der Waals surface area contributed by atoms with Crippen LogP contribution in [0.4, 0.5) is 0 Å². The Morgan fingerprint density at radius 3 is 2.86 bits per heavy atom. The van der Waals surface area contributed by atoms with E-state index >= 15 is 0 Å². The molecule has 0 spiro atoms. The van der Waals surface area contributed by atoms with Gasteiger partial charge < -0.3 is 4.57 Å². The summed E-state index contributed by atoms with van der Waals surface area (Å²) < 4.78 is 1.51. The lowest BCUT2D eigenvalue weighted by molar-refractivity contribution is 0.107. The highest BCUT2D eigenvalue weighted by atomic mass is 35.5. The van der Waals surface area contributed by atoms with Crippen LogP contribution in [0, 0.1) is 0 Å². The van der Waals surface area contributed by atoms with Crippen LogP contribution in [0.25, 0.3) is 0 Å². The summed E-state index contributed by atoms with van der Waals surface area (Å²) >= 11 is 5.26. The molecular weight excluding hydrogens is 202 g/mol. The minimum atomic E-state index is -0.694. The average Bonchev–Trinajstić information content (AvgIpc) is 2.16. The summed E-state index contributed by atoms with van der Waals surface area (Å²) in [6.45, 7) is 2.68. The Labute approximate surface area is 87.3 Å². The molecule has 0 aliphatic rings. The Morgan fingerprint density at radius 2 is 2.29 bits per heavy atom. The second-order valence-electron chi connectivity index (χ2n) is 3.05. The SMILES string of the molecule is CCCCn1cccc(C(=O)Cl)c1=O. The van der Waals surface area contributed by atoms with E-state index in [1.807, 2.05) is 6.92 Å². The first kappa shape index (κ1) is 11.0. The number of carbonyl (C=O) groups is 1. The van der Waals surface area contributed by atoms with Crippen molar-refractivity contribution in [3.63, 3.8) is 0 Å². The standard InChI is InChI=1S/C10H12ClNO2/c1-2-3-6-12-7-4-5-8(9(11)13)10(12)14/h4-5,7H,2-3,6H2,1H3. The monoisotopic (exact) mass is 213 g/mol. The lowest BCUT2D eigenvalue weighted by Crippen LogP contribution is -2.24. The fraction of sp³-hybridized carbons (Fsp3) is 0.400. The molecule has 0 saturated heterocycles. The van der Waals surface area contributed by atoms with E-state index in [9.17, 15) is 9.59 Å². The Balaban J connectivity index is 3.02. The molecule has 1 aromatic rings. The zero-order valence-corrected chi connectivity index (χ0v) is 8.75. The van der Waals surface area contributed by atoms with Crippen molar-refractivity contribution in [3.05, 3.63) is 34.2 Å². The van der Waals surface area contributed by atoms with Gasteiger partial charge in [-0.2, -0.15) is 0 Å². The molecule has 0 N–H and O–H groups in total. The number of pyridine rings is 1. The average molecular weight is 214 g/mol. The quantitative estimate of drug-likeness (QED) is 0.718. The minimum absolute atomic E-state index is 0.0465. The second kappa shape index (κ2) is 4.96. The summed E-state index contributed by atoms with van der Waals surface area (Å²) in [6.07, 6.45) is 3.59. The third kappa shape index (κ3) is 2.45. The minimum Gasteiger partial charge on any atom is -0.315 e. The van der Waals surface area contributed by atoms with Crippen LogP contribution in [-0.2, 0) is 6.54 Å². The summed E-state index contributed by atoms with van der Waals surface area (Å²) in [6, 6.07) is 3.10. The maximum absolute atomic E-state index is 11.6. The van der Waals surface area contributed by atoms with Crippen LogP contribution in [0.2, 0.25) is 0 Å². The van der Waals surface area contributed by atoms with E-state index in [0.29, 0.717) is 6.54 Å². The first-order valence-electron chi connectivity index (χ1n) is 4.56. The molecular formula is C10H12ClNO2. The molecule has 1 heterocycles. The largest absolute Gasteiger partial charge is 0.315 e. The number of halogens is 1. The molecule has 0 aliphatic carbocycles. The van der Waals surface area contributed by atoms with Gasteiger partial charge in [-0.3, -0.25) is 9.59 Å². The van der Waals surface area contributed by atoms with Crippen molar-refractivity contribution in [2.45, 2.75) is 26.3 Å². The molecule has 0 unspecified atom stereocenters. The van der Waals surface area contributed by atoms with Crippen molar-refractivity contribution in [3.8, 4) is 0 Å². The molecule has 0 atom stereocenters. The molecule has 0 fully saturated rings. The fourth-order valence-corrected chi connectivity index (χ4v) is 1.33. The van der Waals surface area contributed by atoms with Crippen LogP contribution in [-0.4, -0.2) is 9.81 Å². The Kier molecular flexibility index (Phi) is 3.89. The van der Waals surface area contributed by atoms with Gasteiger partial charge in [-0.05, 0) is 30.2 Å². The summed E-state index contributed by atoms with van der Waals surface area (Å²) in [5.74, 6) is 0. The van der Waals surface area contributed by atoms with Crippen molar-refractivity contribution in [2.24, 2.45) is 0 Å². The molecule has 76 valence electrons. The molecule has 0 radical (unpaired) electrons. The Hall–Kier alpha value is -1.09. The number of nitrogens with zero attached hydrogens (tertiary/aromatic N) is 1. The molecule has 0 aliphatic heterocycles. The van der Waals surface area contributed by atoms with E-state index in [4.69, 9.17) is 11.6 Å². The predicted molar refractivity (Wildman–Crippen MR) is 55.8 cm³/mol. The maximum atomic E-state index is 11.6. The maximum Gasteiger partial charge on any atom is 0.262 e. The van der Waals surface area contributed by atoms with E-state index in [1.54, 1.807) is 12.3 Å². The van der Waals surface area contributed by atoms with Gasteiger partial charge in [0.25, 0.3) is 10.8 Å². The third-order valence-electron chi connectivity index (χ3n) is 1.98. The summed E-state index contributed by atoms with van der Waals surface area (Å²) in [5, 5.41) is -0.694. The molecule has 3 nitrogen and oxygen atoms in total. The van der Waals surface area contributed by atoms with Gasteiger partial charge in [0.05, 0.1) is 5.56 Å². The number of aryl methyl sites for hydroxylation is 1. The van der Waals surface area contributed by atoms with Crippen LogP contribution in [0.15, 0.2) is 23.1 Å². The van der Waals surface area contributed by atoms with E-state index in [2.05, 4.69) is 0 Å². The predicted octanol–water partition coefficient (Wildman–Crippen LogP) is 2.03. The fourth-order valence-electron chi connectivity index (χ4n) is 1.19. The zero-order valence-electron chi connectivity index (χ0n) is 8.00. The van der Waals surface area contributed by atoms with Gasteiger partial charge in [-0.1, -0.05) is 13.3 Å². The van der Waals surface area contributed by atoms with Gasteiger partial charge in [-0.15, -0.1) is 0 Å². The summed E-state index contributed by atoms with van der Waals surface area (Å²) in [5.41, 5.74) is -0.258. The molecule has 0 amide bonds. The van der Waals surface area contributed by atoms with Crippen LogP contribution in [0.3, 0.4) is 0 Å². The van der Waals surface area contributed by atoms with E-state index in [-0.39, 0.29) is 11.1 Å². The van der Waals surface area contributed by atoms with Crippen LogP contribution in [0.5, 0.6) is 0 Å². The van der Waals surface area contributed by atoms with Crippen LogP contribution < -0.4 is 5.56 Å². The highest BCUT2D eigenvalue weighted by Crippen LogP contribution is 1.98. The number of rotatable bonds is 4. The second-order valence-corrected chi connectivity index (χ2v) is 3.39. The number of aromatic nitrogens is 1. The lowest BCUT2D eigenvalue weighted by atomic mass is 10.3. The van der Waals surface area contributed by atoms with Gasteiger partial charge >= 0.3 is 0 Å². The summed E-state index contributed by atoms with van der Waals surface area (Å²) in [7, 11) is 0. The third-order valence-corrected chi connectivity index (χ3v) is 2.19. The number of unbranched alkanes of at least 4 members (excludes halogenated alkanes) is 1. The number of hydrogen-bond donors (Lipinski definition) is 0. The molecule has 14 heavy (non-hydrogen) atoms. The molecule has 1 rings (SSSR count). The highest BCUT2D eigenvalue weighted by Gasteiger charge is 2.08. The van der Waals surface area contributed by atoms with Crippen molar-refractivity contribution < 1.29 is 4.79 Å². The van der Waals surface area contributed by atoms with Crippen molar-refractivity contribution >= 4 is 16.8 Å². The van der Waals surface area contributed by atoms with E-state index < -0.39 is 5.24 Å². The Bertz CT molecular complexity index is 384. The van der Waals surface area contributed by atoms with Gasteiger partial charge in [0.1, 0.15) is 0 Å². The molecule has 1 aromatic heterocycles. The molecule has 0 bridgehead atoms. The molecule has 0 saturated carbocycles. The van der Waals surface area contributed by atoms with E-state index in [0.717, 1.165) is 12.8 Å². The van der Waals surface area contributed by atoms with Crippen molar-refractivity contribution in [1.29, 1.82) is 0 Å². The van der Waals surface area contributed by atoms with Gasteiger partial charge in [0.2, 0.25) is 0 Å². The molecule has 4 heteroatoms.